The van der Waals surface area contributed by atoms with Crippen LogP contribution in [0.2, 0.25) is 0 Å². The number of aromatic nitrogens is 5. The fourth-order valence-electron chi connectivity index (χ4n) is 4.82. The summed E-state index contributed by atoms with van der Waals surface area (Å²) in [6.45, 7) is 1.71. The predicted molar refractivity (Wildman–Crippen MR) is 146 cm³/mol. The largest absolute Gasteiger partial charge is 0.452 e. The van der Waals surface area contributed by atoms with Gasteiger partial charge in [-0.1, -0.05) is 30.3 Å². The number of rotatable bonds is 9. The first-order valence-electron chi connectivity index (χ1n) is 13.1. The molecule has 0 unspecified atom stereocenters. The zero-order valence-corrected chi connectivity index (χ0v) is 22.2. The molecular formula is C27H29N7O8. The highest BCUT2D eigenvalue weighted by Gasteiger charge is 2.43. The zero-order chi connectivity index (χ0) is 29.5. The molecule has 1 saturated heterocycles. The summed E-state index contributed by atoms with van der Waals surface area (Å²) in [7, 11) is 0. The summed E-state index contributed by atoms with van der Waals surface area (Å²) in [5.74, 6) is 1.06. The maximum atomic E-state index is 9.34. The second kappa shape index (κ2) is 10.9. The minimum absolute atomic E-state index is 0.152. The van der Waals surface area contributed by atoms with Gasteiger partial charge in [-0.15, -0.1) is 4.90 Å². The van der Waals surface area contributed by atoms with Gasteiger partial charge < -0.3 is 44.7 Å². The first-order valence-corrected chi connectivity index (χ1v) is 13.1. The second-order valence-electron chi connectivity index (χ2n) is 9.78. The molecule has 0 aliphatic carbocycles. The average Bonchev–Trinajstić information content (AvgIpc) is 3.72. The van der Waals surface area contributed by atoms with E-state index >= 15 is 0 Å². The van der Waals surface area contributed by atoms with Gasteiger partial charge in [0.15, 0.2) is 11.4 Å². The molecule has 4 aromatic heterocycles. The third-order valence-electron chi connectivity index (χ3n) is 6.89. The van der Waals surface area contributed by atoms with Crippen LogP contribution in [0.5, 0.6) is 0 Å². The summed E-state index contributed by atoms with van der Waals surface area (Å²) < 4.78 is 14.9. The minimum atomic E-state index is -3.69. The Hall–Kier alpha value is -4.19. The van der Waals surface area contributed by atoms with Crippen LogP contribution in [-0.4, -0.2) is 105 Å². The van der Waals surface area contributed by atoms with E-state index in [0.29, 0.717) is 54.5 Å². The molecule has 42 heavy (non-hydrogen) atoms. The average molecular weight is 580 g/mol. The normalized spacial score (nSPS) is 14.8. The molecule has 6 rings (SSSR count). The van der Waals surface area contributed by atoms with E-state index < -0.39 is 18.7 Å². The molecule has 0 spiro atoms. The highest BCUT2D eigenvalue weighted by Crippen LogP contribution is 2.35. The van der Waals surface area contributed by atoms with Crippen LogP contribution >= 0.6 is 0 Å². The Kier molecular flexibility index (Phi) is 7.25. The number of hydrogen-bond donors (Lipinski definition) is 6. The van der Waals surface area contributed by atoms with Crippen LogP contribution in [0.25, 0.3) is 39.5 Å². The topological polar surface area (TPSA) is 199 Å². The van der Waals surface area contributed by atoms with Crippen LogP contribution in [-0.2, 0) is 11.3 Å². The summed E-state index contributed by atoms with van der Waals surface area (Å²) in [4.78, 5) is 6.84. The zero-order valence-electron chi connectivity index (χ0n) is 22.2. The first-order chi connectivity index (χ1) is 20.1. The number of benzene rings is 1. The molecule has 6 N–H and O–H groups in total. The third-order valence-corrected chi connectivity index (χ3v) is 6.89. The lowest BCUT2D eigenvalue weighted by molar-refractivity contribution is -0.510. The summed E-state index contributed by atoms with van der Waals surface area (Å²) in [5, 5.41) is 65.0. The SMILES string of the molecule is OC(O)(O)N(CCn1cc(-c2cc3nc(-n4ccc(-c5ccccc5)n4)cc(N4CCOCC4)c3o2)cn1)C(O)(O)O. The van der Waals surface area contributed by atoms with Gasteiger partial charge in [0.2, 0.25) is 0 Å². The molecule has 0 radical (unpaired) electrons. The van der Waals surface area contributed by atoms with E-state index in [-0.39, 0.29) is 11.4 Å². The molecule has 0 atom stereocenters. The van der Waals surface area contributed by atoms with Crippen LogP contribution in [0.1, 0.15) is 0 Å². The molecule has 1 aromatic carbocycles. The molecule has 1 aliphatic rings. The standard InChI is InChI=1S/C27H29N7O8/c35-26(36,37)34(27(38,39)40)9-8-32-17-19(16-28-32)23-14-21-25(42-23)22(31-10-12-41-13-11-31)15-24(29-21)33-7-6-20(30-33)18-4-2-1-3-5-18/h1-7,14-17,35-40H,8-13H2. The molecule has 5 aromatic rings. The highest BCUT2D eigenvalue weighted by atomic mass is 16.8. The van der Waals surface area contributed by atoms with Crippen molar-refractivity contribution in [2.45, 2.75) is 18.7 Å². The van der Waals surface area contributed by atoms with Crippen LogP contribution < -0.4 is 4.90 Å². The Labute approximate surface area is 238 Å². The van der Waals surface area contributed by atoms with Crippen LogP contribution in [0.3, 0.4) is 0 Å². The molecule has 15 nitrogen and oxygen atoms in total. The summed E-state index contributed by atoms with van der Waals surface area (Å²) in [6.07, 6.45) is -2.45. The van der Waals surface area contributed by atoms with Crippen molar-refractivity contribution in [3.05, 3.63) is 67.1 Å². The van der Waals surface area contributed by atoms with Crippen molar-refractivity contribution in [2.24, 2.45) is 0 Å². The third kappa shape index (κ3) is 5.76. The van der Waals surface area contributed by atoms with Crippen molar-refractivity contribution >= 4 is 16.8 Å². The van der Waals surface area contributed by atoms with E-state index in [1.165, 1.54) is 10.9 Å². The Bertz CT molecular complexity index is 1650. The van der Waals surface area contributed by atoms with Crippen LogP contribution in [0.4, 0.5) is 5.69 Å². The number of anilines is 1. The first kappa shape index (κ1) is 28.0. The lowest BCUT2D eigenvalue weighted by atomic mass is 10.2. The number of furan rings is 1. The molecule has 5 heterocycles. The lowest BCUT2D eigenvalue weighted by Crippen LogP contribution is -2.62. The summed E-state index contributed by atoms with van der Waals surface area (Å²) >= 11 is 0. The predicted octanol–water partition coefficient (Wildman–Crippen LogP) is -0.141. The van der Waals surface area contributed by atoms with Crippen molar-refractivity contribution in [1.82, 2.24) is 29.4 Å². The van der Waals surface area contributed by atoms with Crippen molar-refractivity contribution in [3.8, 4) is 28.4 Å². The van der Waals surface area contributed by atoms with E-state index in [0.717, 1.165) is 16.9 Å². The van der Waals surface area contributed by atoms with E-state index in [1.54, 1.807) is 16.9 Å². The van der Waals surface area contributed by atoms with E-state index in [2.05, 4.69) is 10.00 Å². The fraction of sp³-hybridized carbons (Fsp3) is 0.296. The van der Waals surface area contributed by atoms with Crippen molar-refractivity contribution in [2.75, 3.05) is 37.7 Å². The molecule has 0 bridgehead atoms. The summed E-state index contributed by atoms with van der Waals surface area (Å²) in [6, 6.07) is 15.5. The summed E-state index contributed by atoms with van der Waals surface area (Å²) in [5.41, 5.74) is 4.36. The quantitative estimate of drug-likeness (QED) is 0.126. The molecular weight excluding hydrogens is 550 g/mol. The van der Waals surface area contributed by atoms with Gasteiger partial charge in [0.05, 0.1) is 42.9 Å². The number of pyridine rings is 1. The molecule has 0 amide bonds. The number of aliphatic hydroxyl groups is 6. The number of morpholine rings is 1. The maximum absolute atomic E-state index is 9.34. The van der Waals surface area contributed by atoms with Gasteiger partial charge in [-0.25, -0.2) is 9.67 Å². The number of nitrogens with zero attached hydrogens (tertiary/aromatic N) is 7. The van der Waals surface area contributed by atoms with Gasteiger partial charge in [-0.05, 0) is 6.07 Å². The van der Waals surface area contributed by atoms with Crippen LogP contribution in [0, 0.1) is 0 Å². The smallest absolute Gasteiger partial charge is 0.352 e. The van der Waals surface area contributed by atoms with Crippen molar-refractivity contribution < 1.29 is 39.8 Å². The van der Waals surface area contributed by atoms with E-state index in [1.807, 2.05) is 48.7 Å². The van der Waals surface area contributed by atoms with Crippen LogP contribution in [0.15, 0.2) is 71.5 Å². The Balaban J connectivity index is 1.32. The second-order valence-corrected chi connectivity index (χ2v) is 9.78. The number of ether oxygens (including phenoxy) is 1. The maximum Gasteiger partial charge on any atom is 0.352 e. The van der Waals surface area contributed by atoms with Crippen molar-refractivity contribution in [1.29, 1.82) is 0 Å². The lowest BCUT2D eigenvalue weighted by Gasteiger charge is -2.35. The van der Waals surface area contributed by atoms with Gasteiger partial charge in [-0.3, -0.25) is 4.68 Å². The Morgan fingerprint density at radius 1 is 0.905 bits per heavy atom. The van der Waals surface area contributed by atoms with Gasteiger partial charge in [-0.2, -0.15) is 10.2 Å². The van der Waals surface area contributed by atoms with Gasteiger partial charge >= 0.3 is 12.2 Å². The van der Waals surface area contributed by atoms with Gasteiger partial charge in [0, 0.05) is 49.7 Å². The molecule has 220 valence electrons. The number of hydrogen-bond acceptors (Lipinski definition) is 13. The molecule has 0 saturated carbocycles. The molecule has 1 aliphatic heterocycles. The van der Waals surface area contributed by atoms with E-state index in [9.17, 15) is 30.6 Å². The molecule has 15 heteroatoms. The van der Waals surface area contributed by atoms with E-state index in [4.69, 9.17) is 19.2 Å². The van der Waals surface area contributed by atoms with Crippen molar-refractivity contribution in [3.63, 3.8) is 0 Å². The molecule has 1 fully saturated rings. The Morgan fingerprint density at radius 3 is 2.36 bits per heavy atom. The van der Waals surface area contributed by atoms with Gasteiger partial charge in [0.25, 0.3) is 0 Å². The number of fused-ring (bicyclic) bond motifs is 1. The van der Waals surface area contributed by atoms with Gasteiger partial charge in [0.1, 0.15) is 11.3 Å². The minimum Gasteiger partial charge on any atom is -0.452 e. The monoisotopic (exact) mass is 579 g/mol. The Morgan fingerprint density at radius 2 is 1.64 bits per heavy atom. The fourth-order valence-corrected chi connectivity index (χ4v) is 4.82. The highest BCUT2D eigenvalue weighted by molar-refractivity contribution is 5.91.